The first-order valence-corrected chi connectivity index (χ1v) is 6.53. The molecule has 0 aromatic heterocycles. The van der Waals surface area contributed by atoms with E-state index >= 15 is 0 Å². The van der Waals surface area contributed by atoms with Gasteiger partial charge < -0.3 is 10.2 Å². The molecule has 1 amide bonds. The molecule has 1 aromatic carbocycles. The lowest BCUT2D eigenvalue weighted by atomic mass is 10.0. The van der Waals surface area contributed by atoms with Crippen LogP contribution in [-0.2, 0) is 4.79 Å². The molecular weight excluding hydrogens is 265 g/mol. The van der Waals surface area contributed by atoms with Crippen molar-refractivity contribution < 1.29 is 14.1 Å². The van der Waals surface area contributed by atoms with Gasteiger partial charge >= 0.3 is 0 Å². The lowest BCUT2D eigenvalue weighted by molar-refractivity contribution is -0.385. The number of amides is 1. The molecule has 1 aliphatic heterocycles. The summed E-state index contributed by atoms with van der Waals surface area (Å²) >= 11 is 0. The summed E-state index contributed by atoms with van der Waals surface area (Å²) in [5, 5.41) is 13.7. The Morgan fingerprint density at radius 2 is 2.30 bits per heavy atom. The molecule has 1 atom stereocenters. The molecule has 0 saturated carbocycles. The first kappa shape index (κ1) is 14.4. The van der Waals surface area contributed by atoms with Gasteiger partial charge in [-0.15, -0.1) is 0 Å². The number of non-ortho nitro benzene ring substituents is 1. The SMILES string of the molecule is CCNC1CCCN(c2ccc([N+](=O)[O-])cc2F)C1=O. The molecule has 0 radical (unpaired) electrons. The largest absolute Gasteiger partial charge is 0.308 e. The highest BCUT2D eigenvalue weighted by molar-refractivity contribution is 5.98. The molecular formula is C13H16FN3O3. The van der Waals surface area contributed by atoms with Crippen molar-refractivity contribution in [1.29, 1.82) is 0 Å². The van der Waals surface area contributed by atoms with E-state index in [1.54, 1.807) is 0 Å². The number of halogens is 1. The Bertz CT molecular complexity index is 534. The van der Waals surface area contributed by atoms with Crippen LogP contribution >= 0.6 is 0 Å². The van der Waals surface area contributed by atoms with E-state index in [2.05, 4.69) is 5.32 Å². The third-order valence-electron chi connectivity index (χ3n) is 3.32. The predicted octanol–water partition coefficient (Wildman–Crippen LogP) is 1.84. The van der Waals surface area contributed by atoms with Crippen molar-refractivity contribution in [2.75, 3.05) is 18.0 Å². The van der Waals surface area contributed by atoms with Gasteiger partial charge in [0.2, 0.25) is 5.91 Å². The number of nitro benzene ring substituents is 1. The molecule has 1 aromatic rings. The second kappa shape index (κ2) is 5.96. The van der Waals surface area contributed by atoms with Gasteiger partial charge in [0.1, 0.15) is 0 Å². The van der Waals surface area contributed by atoms with E-state index in [9.17, 15) is 19.3 Å². The molecule has 1 aliphatic rings. The Labute approximate surface area is 115 Å². The van der Waals surface area contributed by atoms with Crippen LogP contribution in [0.4, 0.5) is 15.8 Å². The van der Waals surface area contributed by atoms with Gasteiger partial charge in [-0.05, 0) is 25.5 Å². The highest BCUT2D eigenvalue weighted by Gasteiger charge is 2.30. The number of benzene rings is 1. The van der Waals surface area contributed by atoms with Gasteiger partial charge in [0.25, 0.3) is 5.69 Å². The summed E-state index contributed by atoms with van der Waals surface area (Å²) in [5.41, 5.74) is -0.220. The minimum Gasteiger partial charge on any atom is -0.308 e. The van der Waals surface area contributed by atoms with Crippen LogP contribution in [0, 0.1) is 15.9 Å². The van der Waals surface area contributed by atoms with Crippen molar-refractivity contribution in [2.45, 2.75) is 25.8 Å². The van der Waals surface area contributed by atoms with Crippen LogP contribution in [0.5, 0.6) is 0 Å². The van der Waals surface area contributed by atoms with E-state index in [0.717, 1.165) is 18.9 Å². The standard InChI is InChI=1S/C13H16FN3O3/c1-2-15-11-4-3-7-16(13(11)18)12-6-5-9(17(19)20)8-10(12)14/h5-6,8,11,15H,2-4,7H2,1H3. The molecule has 6 nitrogen and oxygen atoms in total. The third-order valence-corrected chi connectivity index (χ3v) is 3.32. The molecule has 0 aliphatic carbocycles. The van der Waals surface area contributed by atoms with Crippen LogP contribution in [0.15, 0.2) is 18.2 Å². The van der Waals surface area contributed by atoms with E-state index in [-0.39, 0.29) is 23.3 Å². The maximum atomic E-state index is 14.0. The average molecular weight is 281 g/mol. The Hall–Kier alpha value is -2.02. The van der Waals surface area contributed by atoms with E-state index in [0.29, 0.717) is 13.1 Å². The van der Waals surface area contributed by atoms with Crippen LogP contribution in [0.1, 0.15) is 19.8 Å². The Morgan fingerprint density at radius 1 is 1.55 bits per heavy atom. The zero-order valence-corrected chi connectivity index (χ0v) is 11.1. The Balaban J connectivity index is 2.26. The number of nitro groups is 1. The summed E-state index contributed by atoms with van der Waals surface area (Å²) in [4.78, 5) is 23.5. The minimum absolute atomic E-state index is 0.100. The lowest BCUT2D eigenvalue weighted by Crippen LogP contribution is -2.51. The van der Waals surface area contributed by atoms with Crippen molar-refractivity contribution in [3.05, 3.63) is 34.1 Å². The second-order valence-corrected chi connectivity index (χ2v) is 4.64. The fourth-order valence-electron chi connectivity index (χ4n) is 2.38. The smallest absolute Gasteiger partial charge is 0.272 e. The van der Waals surface area contributed by atoms with Gasteiger partial charge in [-0.2, -0.15) is 0 Å². The van der Waals surface area contributed by atoms with Gasteiger partial charge in [0, 0.05) is 12.6 Å². The zero-order valence-electron chi connectivity index (χ0n) is 11.1. The topological polar surface area (TPSA) is 75.5 Å². The predicted molar refractivity (Wildman–Crippen MR) is 72.1 cm³/mol. The number of carbonyl (C=O) groups is 1. The molecule has 2 rings (SSSR count). The number of anilines is 1. The molecule has 7 heteroatoms. The van der Waals surface area contributed by atoms with E-state index in [1.807, 2.05) is 6.92 Å². The first-order valence-electron chi connectivity index (χ1n) is 6.53. The molecule has 0 bridgehead atoms. The summed E-state index contributed by atoms with van der Waals surface area (Å²) in [6.07, 6.45) is 1.48. The van der Waals surface area contributed by atoms with Gasteiger partial charge in [0.05, 0.1) is 22.7 Å². The van der Waals surface area contributed by atoms with Crippen LogP contribution < -0.4 is 10.2 Å². The number of hydrogen-bond acceptors (Lipinski definition) is 4. The van der Waals surface area contributed by atoms with E-state index < -0.39 is 10.7 Å². The van der Waals surface area contributed by atoms with Crippen molar-refractivity contribution in [1.82, 2.24) is 5.32 Å². The summed E-state index contributed by atoms with van der Waals surface area (Å²) in [6, 6.07) is 3.03. The summed E-state index contributed by atoms with van der Waals surface area (Å²) in [5.74, 6) is -0.935. The van der Waals surface area contributed by atoms with Crippen LogP contribution in [-0.4, -0.2) is 30.0 Å². The number of hydrogen-bond donors (Lipinski definition) is 1. The quantitative estimate of drug-likeness (QED) is 0.675. The molecule has 108 valence electrons. The molecule has 20 heavy (non-hydrogen) atoms. The van der Waals surface area contributed by atoms with Crippen molar-refractivity contribution in [3.63, 3.8) is 0 Å². The molecule has 1 fully saturated rings. The zero-order chi connectivity index (χ0) is 14.7. The molecule has 1 N–H and O–H groups in total. The van der Waals surface area contributed by atoms with Crippen molar-refractivity contribution in [3.8, 4) is 0 Å². The number of piperidine rings is 1. The average Bonchev–Trinajstić information content (AvgIpc) is 2.42. The summed E-state index contributed by atoms with van der Waals surface area (Å²) in [7, 11) is 0. The fraction of sp³-hybridized carbons (Fsp3) is 0.462. The van der Waals surface area contributed by atoms with Crippen molar-refractivity contribution in [2.24, 2.45) is 0 Å². The monoisotopic (exact) mass is 281 g/mol. The molecule has 1 heterocycles. The Morgan fingerprint density at radius 3 is 2.90 bits per heavy atom. The minimum atomic E-state index is -0.746. The summed E-state index contributed by atoms with van der Waals surface area (Å²) in [6.45, 7) is 2.99. The first-order chi connectivity index (χ1) is 9.54. The van der Waals surface area contributed by atoms with Crippen LogP contribution in [0.2, 0.25) is 0 Å². The second-order valence-electron chi connectivity index (χ2n) is 4.64. The van der Waals surface area contributed by atoms with E-state index in [1.165, 1.54) is 17.0 Å². The molecule has 1 saturated heterocycles. The molecule has 1 unspecified atom stereocenters. The van der Waals surface area contributed by atoms with Crippen LogP contribution in [0.3, 0.4) is 0 Å². The van der Waals surface area contributed by atoms with Gasteiger partial charge in [-0.25, -0.2) is 4.39 Å². The highest BCUT2D eigenvalue weighted by atomic mass is 19.1. The third kappa shape index (κ3) is 2.77. The number of likely N-dealkylation sites (N-methyl/N-ethyl adjacent to an activating group) is 1. The number of nitrogens with one attached hydrogen (secondary N) is 1. The van der Waals surface area contributed by atoms with Gasteiger partial charge in [0.15, 0.2) is 5.82 Å². The normalized spacial score (nSPS) is 19.2. The number of carbonyl (C=O) groups excluding carboxylic acids is 1. The maximum Gasteiger partial charge on any atom is 0.272 e. The fourth-order valence-corrected chi connectivity index (χ4v) is 2.38. The van der Waals surface area contributed by atoms with Crippen molar-refractivity contribution >= 4 is 17.3 Å². The van der Waals surface area contributed by atoms with Gasteiger partial charge in [-0.3, -0.25) is 14.9 Å². The van der Waals surface area contributed by atoms with Gasteiger partial charge in [-0.1, -0.05) is 6.92 Å². The number of nitrogens with zero attached hydrogens (tertiary/aromatic N) is 2. The van der Waals surface area contributed by atoms with Crippen LogP contribution in [0.25, 0.3) is 0 Å². The molecule has 0 spiro atoms. The lowest BCUT2D eigenvalue weighted by Gasteiger charge is -2.32. The Kier molecular flexibility index (Phi) is 4.29. The highest BCUT2D eigenvalue weighted by Crippen LogP contribution is 2.27. The maximum absolute atomic E-state index is 14.0. The summed E-state index contributed by atoms with van der Waals surface area (Å²) < 4.78 is 14.0. The number of rotatable bonds is 4. The van der Waals surface area contributed by atoms with E-state index in [4.69, 9.17) is 0 Å².